The van der Waals surface area contributed by atoms with Gasteiger partial charge in [0.05, 0.1) is 6.10 Å². The van der Waals surface area contributed by atoms with Crippen LogP contribution in [0.5, 0.6) is 0 Å². The third-order valence-electron chi connectivity index (χ3n) is 2.64. The van der Waals surface area contributed by atoms with Gasteiger partial charge in [-0.15, -0.1) is 0 Å². The molecule has 1 N–H and O–H groups in total. The van der Waals surface area contributed by atoms with E-state index < -0.39 is 0 Å². The Morgan fingerprint density at radius 1 is 1.38 bits per heavy atom. The molecule has 1 rings (SSSR count). The van der Waals surface area contributed by atoms with Gasteiger partial charge in [0.25, 0.3) is 0 Å². The molecule has 1 saturated heterocycles. The van der Waals surface area contributed by atoms with Gasteiger partial charge in [-0.1, -0.05) is 6.92 Å². The maximum absolute atomic E-state index is 8.59. The number of hydrogen-bond donors (Lipinski definition) is 1. The maximum atomic E-state index is 8.59. The smallest absolute Gasteiger partial charge is 0.0599 e. The van der Waals surface area contributed by atoms with Gasteiger partial charge in [0.1, 0.15) is 0 Å². The molecule has 0 bridgehead atoms. The fourth-order valence-electron chi connectivity index (χ4n) is 1.71. The van der Waals surface area contributed by atoms with Gasteiger partial charge in [0.2, 0.25) is 0 Å². The largest absolute Gasteiger partial charge is 0.396 e. The Kier molecular flexibility index (Phi) is 5.35. The van der Waals surface area contributed by atoms with Crippen molar-refractivity contribution in [3.8, 4) is 0 Å². The predicted molar refractivity (Wildman–Crippen MR) is 52.8 cm³/mol. The molecule has 0 saturated carbocycles. The normalized spacial score (nSPS) is 20.8. The Hall–Kier alpha value is -0.120. The van der Waals surface area contributed by atoms with Crippen LogP contribution in [0, 0.1) is 0 Å². The number of nitrogens with zero attached hydrogens (tertiary/aromatic N) is 1. The first-order valence-electron chi connectivity index (χ1n) is 5.31. The summed E-state index contributed by atoms with van der Waals surface area (Å²) in [4.78, 5) is 2.45. The summed E-state index contributed by atoms with van der Waals surface area (Å²) in [5.74, 6) is 0. The Balaban J connectivity index is 2.03. The fourth-order valence-corrected chi connectivity index (χ4v) is 1.71. The Bertz CT molecular complexity index is 119. The fraction of sp³-hybridized carbons (Fsp3) is 1.00. The number of likely N-dealkylation sites (tertiary alicyclic amines) is 1. The van der Waals surface area contributed by atoms with Crippen LogP contribution < -0.4 is 0 Å². The minimum atomic E-state index is 0.244. The van der Waals surface area contributed by atoms with Gasteiger partial charge in [-0.2, -0.15) is 0 Å². The third kappa shape index (κ3) is 4.07. The topological polar surface area (TPSA) is 32.7 Å². The van der Waals surface area contributed by atoms with Crippen molar-refractivity contribution >= 4 is 0 Å². The minimum absolute atomic E-state index is 0.244. The van der Waals surface area contributed by atoms with E-state index in [0.29, 0.717) is 12.7 Å². The number of rotatable bonds is 5. The number of piperidine rings is 1. The van der Waals surface area contributed by atoms with E-state index in [1.54, 1.807) is 0 Å². The SMILES string of the molecule is CCN1CCC(OCCCO)CC1. The van der Waals surface area contributed by atoms with Crippen molar-refractivity contribution in [2.24, 2.45) is 0 Å². The van der Waals surface area contributed by atoms with E-state index >= 15 is 0 Å². The highest BCUT2D eigenvalue weighted by Crippen LogP contribution is 2.13. The van der Waals surface area contributed by atoms with Crippen LogP contribution in [0.3, 0.4) is 0 Å². The average Bonchev–Trinajstić information content (AvgIpc) is 2.19. The highest BCUT2D eigenvalue weighted by atomic mass is 16.5. The quantitative estimate of drug-likeness (QED) is 0.648. The second-order valence-electron chi connectivity index (χ2n) is 3.58. The molecule has 0 amide bonds. The molecule has 3 heteroatoms. The molecule has 0 aromatic rings. The van der Waals surface area contributed by atoms with Gasteiger partial charge < -0.3 is 14.7 Å². The van der Waals surface area contributed by atoms with Crippen LogP contribution in [0.4, 0.5) is 0 Å². The molecule has 1 heterocycles. The van der Waals surface area contributed by atoms with E-state index in [4.69, 9.17) is 9.84 Å². The van der Waals surface area contributed by atoms with E-state index in [-0.39, 0.29) is 6.61 Å². The maximum Gasteiger partial charge on any atom is 0.0599 e. The summed E-state index contributed by atoms with van der Waals surface area (Å²) in [6.45, 7) is 6.65. The highest BCUT2D eigenvalue weighted by molar-refractivity contribution is 4.71. The van der Waals surface area contributed by atoms with Gasteiger partial charge in [0.15, 0.2) is 0 Å². The summed E-state index contributed by atoms with van der Waals surface area (Å²) in [5, 5.41) is 8.59. The van der Waals surface area contributed by atoms with E-state index in [1.807, 2.05) is 0 Å². The minimum Gasteiger partial charge on any atom is -0.396 e. The molecule has 0 aliphatic carbocycles. The molecule has 0 radical (unpaired) electrons. The summed E-state index contributed by atoms with van der Waals surface area (Å²) in [7, 11) is 0. The second-order valence-corrected chi connectivity index (χ2v) is 3.58. The molecule has 0 unspecified atom stereocenters. The Labute approximate surface area is 80.7 Å². The van der Waals surface area contributed by atoms with Crippen LogP contribution >= 0.6 is 0 Å². The van der Waals surface area contributed by atoms with E-state index in [9.17, 15) is 0 Å². The lowest BCUT2D eigenvalue weighted by Crippen LogP contribution is -2.36. The van der Waals surface area contributed by atoms with E-state index in [2.05, 4.69) is 11.8 Å². The summed E-state index contributed by atoms with van der Waals surface area (Å²) in [6.07, 6.45) is 3.52. The predicted octanol–water partition coefficient (Wildman–Crippen LogP) is 0.870. The molecule has 78 valence electrons. The van der Waals surface area contributed by atoms with Crippen LogP contribution in [-0.4, -0.2) is 49.0 Å². The summed E-state index contributed by atoms with van der Waals surface area (Å²) < 4.78 is 5.63. The Morgan fingerprint density at radius 2 is 2.08 bits per heavy atom. The van der Waals surface area contributed by atoms with Crippen LogP contribution in [0.15, 0.2) is 0 Å². The number of hydrogen-bond acceptors (Lipinski definition) is 3. The molecular formula is C10H21NO2. The highest BCUT2D eigenvalue weighted by Gasteiger charge is 2.17. The molecule has 13 heavy (non-hydrogen) atoms. The first-order chi connectivity index (χ1) is 6.36. The van der Waals surface area contributed by atoms with Crippen molar-refractivity contribution in [1.82, 2.24) is 4.90 Å². The van der Waals surface area contributed by atoms with E-state index in [0.717, 1.165) is 25.8 Å². The number of ether oxygens (including phenoxy) is 1. The van der Waals surface area contributed by atoms with Crippen LogP contribution in [0.1, 0.15) is 26.2 Å². The zero-order chi connectivity index (χ0) is 9.52. The molecule has 0 aromatic heterocycles. The van der Waals surface area contributed by atoms with Crippen molar-refractivity contribution in [2.45, 2.75) is 32.3 Å². The zero-order valence-corrected chi connectivity index (χ0v) is 8.54. The number of aliphatic hydroxyl groups excluding tert-OH is 1. The summed E-state index contributed by atoms with van der Waals surface area (Å²) in [5.41, 5.74) is 0. The first-order valence-corrected chi connectivity index (χ1v) is 5.31. The first kappa shape index (κ1) is 11.0. The molecule has 1 aliphatic rings. The van der Waals surface area contributed by atoms with Gasteiger partial charge in [-0.3, -0.25) is 0 Å². The van der Waals surface area contributed by atoms with Crippen molar-refractivity contribution < 1.29 is 9.84 Å². The molecule has 3 nitrogen and oxygen atoms in total. The van der Waals surface area contributed by atoms with E-state index in [1.165, 1.54) is 13.1 Å². The number of aliphatic hydroxyl groups is 1. The molecule has 0 aromatic carbocycles. The van der Waals surface area contributed by atoms with Crippen molar-refractivity contribution in [1.29, 1.82) is 0 Å². The van der Waals surface area contributed by atoms with Crippen molar-refractivity contribution in [3.63, 3.8) is 0 Å². The van der Waals surface area contributed by atoms with Crippen LogP contribution in [0.2, 0.25) is 0 Å². The van der Waals surface area contributed by atoms with Crippen LogP contribution in [-0.2, 0) is 4.74 Å². The monoisotopic (exact) mass is 187 g/mol. The second kappa shape index (κ2) is 6.35. The zero-order valence-electron chi connectivity index (χ0n) is 8.54. The lowest BCUT2D eigenvalue weighted by atomic mass is 10.1. The summed E-state index contributed by atoms with van der Waals surface area (Å²) >= 11 is 0. The van der Waals surface area contributed by atoms with Gasteiger partial charge in [-0.05, 0) is 25.8 Å². The van der Waals surface area contributed by atoms with Crippen LogP contribution in [0.25, 0.3) is 0 Å². The molecule has 1 aliphatic heterocycles. The van der Waals surface area contributed by atoms with Gasteiger partial charge in [-0.25, -0.2) is 0 Å². The molecule has 0 spiro atoms. The standard InChI is InChI=1S/C10H21NO2/c1-2-11-6-4-10(5-7-11)13-9-3-8-12/h10,12H,2-9H2,1H3. The summed E-state index contributed by atoms with van der Waals surface area (Å²) in [6, 6.07) is 0. The van der Waals surface area contributed by atoms with Crippen molar-refractivity contribution in [2.75, 3.05) is 32.8 Å². The lowest BCUT2D eigenvalue weighted by Gasteiger charge is -2.30. The molecule has 0 atom stereocenters. The molecular weight excluding hydrogens is 166 g/mol. The Morgan fingerprint density at radius 3 is 2.62 bits per heavy atom. The molecule has 1 fully saturated rings. The third-order valence-corrected chi connectivity index (χ3v) is 2.64. The van der Waals surface area contributed by atoms with Gasteiger partial charge in [0, 0.05) is 26.3 Å². The lowest BCUT2D eigenvalue weighted by molar-refractivity contribution is 0.00330. The van der Waals surface area contributed by atoms with Crippen molar-refractivity contribution in [3.05, 3.63) is 0 Å². The van der Waals surface area contributed by atoms with Gasteiger partial charge >= 0.3 is 0 Å². The average molecular weight is 187 g/mol.